The summed E-state index contributed by atoms with van der Waals surface area (Å²) in [4.78, 5) is 2.47. The summed E-state index contributed by atoms with van der Waals surface area (Å²) in [6, 6.07) is 16.0. The number of fused-ring (bicyclic) bond motifs is 1. The van der Waals surface area contributed by atoms with Crippen molar-refractivity contribution in [3.63, 3.8) is 0 Å². The van der Waals surface area contributed by atoms with E-state index < -0.39 is 0 Å². The predicted molar refractivity (Wildman–Crippen MR) is 127 cm³/mol. The van der Waals surface area contributed by atoms with Crippen LogP contribution in [-0.2, 0) is 13.1 Å². The lowest BCUT2D eigenvalue weighted by molar-refractivity contribution is 0.518. The van der Waals surface area contributed by atoms with Crippen LogP contribution in [-0.4, -0.2) is 30.7 Å². The van der Waals surface area contributed by atoms with Gasteiger partial charge in [0.05, 0.1) is 0 Å². The zero-order valence-corrected chi connectivity index (χ0v) is 18.3. The molecule has 2 heterocycles. The summed E-state index contributed by atoms with van der Waals surface area (Å²) in [5.74, 6) is 0. The molecule has 150 valence electrons. The van der Waals surface area contributed by atoms with Crippen LogP contribution in [0.3, 0.4) is 0 Å². The van der Waals surface area contributed by atoms with Gasteiger partial charge in [0.25, 0.3) is 0 Å². The number of nitrogens with zero attached hydrogens (tertiary/aromatic N) is 2. The van der Waals surface area contributed by atoms with Crippen molar-refractivity contribution < 1.29 is 0 Å². The minimum Gasteiger partial charge on any atom is -0.363 e. The summed E-state index contributed by atoms with van der Waals surface area (Å²) < 4.78 is 2.40. The van der Waals surface area contributed by atoms with Crippen LogP contribution in [0.25, 0.3) is 5.57 Å². The molecule has 0 atom stereocenters. The lowest BCUT2D eigenvalue weighted by Crippen LogP contribution is -2.21. The number of nitrogens with two attached hydrogens (primary N) is 1. The first kappa shape index (κ1) is 22.3. The molecule has 2 aromatic rings. The summed E-state index contributed by atoms with van der Waals surface area (Å²) in [6.07, 6.45) is 5.68. The van der Waals surface area contributed by atoms with Crippen LogP contribution in [0.5, 0.6) is 0 Å². The van der Waals surface area contributed by atoms with Crippen LogP contribution in [0, 0.1) is 6.92 Å². The Kier molecular flexibility index (Phi) is 8.84. The van der Waals surface area contributed by atoms with Crippen LogP contribution in [0.1, 0.15) is 28.7 Å². The van der Waals surface area contributed by atoms with E-state index in [0.717, 1.165) is 32.6 Å². The van der Waals surface area contributed by atoms with Crippen molar-refractivity contribution in [3.8, 4) is 0 Å². The van der Waals surface area contributed by atoms with E-state index in [9.17, 15) is 0 Å². The van der Waals surface area contributed by atoms with Crippen molar-refractivity contribution in [2.75, 3.05) is 31.3 Å². The molecule has 3 nitrogen and oxygen atoms in total. The second-order valence-electron chi connectivity index (χ2n) is 6.73. The molecule has 0 saturated carbocycles. The summed E-state index contributed by atoms with van der Waals surface area (Å²) in [5.41, 5.74) is 13.0. The van der Waals surface area contributed by atoms with Crippen molar-refractivity contribution in [3.05, 3.63) is 84.0 Å². The number of hydrogen-bond acceptors (Lipinski definition) is 4. The fourth-order valence-corrected chi connectivity index (χ4v) is 4.17. The average molecular weight is 396 g/mol. The minimum absolute atomic E-state index is 1.03. The zero-order chi connectivity index (χ0) is 20.5. The van der Waals surface area contributed by atoms with Gasteiger partial charge in [-0.1, -0.05) is 53.9 Å². The van der Waals surface area contributed by atoms with Crippen LogP contribution >= 0.6 is 11.9 Å². The van der Waals surface area contributed by atoms with Crippen molar-refractivity contribution in [1.82, 2.24) is 4.31 Å². The largest absolute Gasteiger partial charge is 0.363 e. The molecule has 2 aliphatic rings. The lowest BCUT2D eigenvalue weighted by Gasteiger charge is -2.24. The molecular formula is C24H33N3S. The Morgan fingerprint density at radius 1 is 0.964 bits per heavy atom. The first-order chi connectivity index (χ1) is 13.7. The highest BCUT2D eigenvalue weighted by Gasteiger charge is 2.19. The third-order valence-electron chi connectivity index (χ3n) is 5.12. The molecule has 0 spiro atoms. The van der Waals surface area contributed by atoms with Gasteiger partial charge < -0.3 is 10.6 Å². The fraction of sp³-hybridized carbons (Fsp3) is 0.333. The number of anilines is 1. The maximum absolute atomic E-state index is 4.50. The predicted octanol–water partition coefficient (Wildman–Crippen LogP) is 5.26. The van der Waals surface area contributed by atoms with E-state index in [1.165, 1.54) is 40.6 Å². The Balaban J connectivity index is 0.000000660. The van der Waals surface area contributed by atoms with Crippen molar-refractivity contribution in [2.45, 2.75) is 26.4 Å². The van der Waals surface area contributed by atoms with Crippen molar-refractivity contribution in [2.24, 2.45) is 5.73 Å². The summed E-state index contributed by atoms with van der Waals surface area (Å²) in [7, 11) is 1.50. The number of hydrogen-bond donors (Lipinski definition) is 1. The second kappa shape index (κ2) is 11.1. The van der Waals surface area contributed by atoms with Gasteiger partial charge in [0.1, 0.15) is 0 Å². The zero-order valence-electron chi connectivity index (χ0n) is 17.4. The van der Waals surface area contributed by atoms with Gasteiger partial charge in [-0.2, -0.15) is 0 Å². The van der Waals surface area contributed by atoms with E-state index in [0.29, 0.717) is 0 Å². The van der Waals surface area contributed by atoms with Crippen molar-refractivity contribution >= 4 is 23.2 Å². The molecule has 0 aromatic heterocycles. The van der Waals surface area contributed by atoms with Crippen LogP contribution in [0.15, 0.2) is 61.7 Å². The fourth-order valence-electron chi connectivity index (χ4n) is 3.67. The Hall–Kier alpha value is -2.01. The maximum atomic E-state index is 4.50. The molecule has 2 aromatic carbocycles. The molecular weight excluding hydrogens is 362 g/mol. The van der Waals surface area contributed by atoms with Gasteiger partial charge in [0.2, 0.25) is 0 Å². The Bertz CT molecular complexity index is 783. The number of rotatable bonds is 3. The van der Waals surface area contributed by atoms with Crippen LogP contribution < -0.4 is 10.6 Å². The summed E-state index contributed by atoms with van der Waals surface area (Å²) >= 11 is 1.84. The highest BCUT2D eigenvalue weighted by Crippen LogP contribution is 2.31. The van der Waals surface area contributed by atoms with Gasteiger partial charge in [-0.15, -0.1) is 13.2 Å². The Labute approximate surface area is 175 Å². The Morgan fingerprint density at radius 3 is 2.25 bits per heavy atom. The van der Waals surface area contributed by atoms with Gasteiger partial charge >= 0.3 is 0 Å². The first-order valence-electron chi connectivity index (χ1n) is 9.72. The molecule has 2 N–H and O–H groups in total. The molecule has 4 rings (SSSR count). The number of aryl methyl sites for hydroxylation is 1. The van der Waals surface area contributed by atoms with E-state index in [4.69, 9.17) is 0 Å². The third-order valence-corrected chi connectivity index (χ3v) is 5.97. The quantitative estimate of drug-likeness (QED) is 0.568. The van der Waals surface area contributed by atoms with Gasteiger partial charge in [-0.25, -0.2) is 4.31 Å². The first-order valence-corrected chi connectivity index (χ1v) is 10.9. The molecule has 0 saturated heterocycles. The normalized spacial score (nSPS) is 15.6. The topological polar surface area (TPSA) is 32.5 Å². The lowest BCUT2D eigenvalue weighted by atomic mass is 10.00. The Morgan fingerprint density at radius 2 is 1.64 bits per heavy atom. The highest BCUT2D eigenvalue weighted by atomic mass is 32.2. The molecule has 28 heavy (non-hydrogen) atoms. The van der Waals surface area contributed by atoms with E-state index >= 15 is 0 Å². The molecule has 0 unspecified atom stereocenters. The molecule has 0 amide bonds. The summed E-state index contributed by atoms with van der Waals surface area (Å²) in [5, 5.41) is 0. The highest BCUT2D eigenvalue weighted by molar-refractivity contribution is 7.96. The summed E-state index contributed by atoms with van der Waals surface area (Å²) in [6.45, 7) is 12.4. The standard InChI is InChI=1S/C21H24N2S.C2H4.CH5N/c1-16-3-4-19-14-22(15-20(19)13-16)21-7-5-17(6-8-21)18-9-11-23(24-2)12-10-18;2*1-2/h3-9,13H,10-12,14-15H2,1-2H3;1-2H2;2H2,1H3. The monoisotopic (exact) mass is 395 g/mol. The van der Waals surface area contributed by atoms with E-state index in [2.05, 4.69) is 89.8 Å². The van der Waals surface area contributed by atoms with Crippen LogP contribution in [0.4, 0.5) is 5.69 Å². The van der Waals surface area contributed by atoms with Gasteiger partial charge in [-0.3, -0.25) is 0 Å². The minimum atomic E-state index is 1.03. The average Bonchev–Trinajstić information content (AvgIpc) is 3.20. The van der Waals surface area contributed by atoms with Crippen molar-refractivity contribution in [1.29, 1.82) is 0 Å². The van der Waals surface area contributed by atoms with E-state index in [-0.39, 0.29) is 0 Å². The third kappa shape index (κ3) is 5.28. The van der Waals surface area contributed by atoms with Crippen LogP contribution in [0.2, 0.25) is 0 Å². The van der Waals surface area contributed by atoms with Gasteiger partial charge in [0, 0.05) is 31.9 Å². The smallest absolute Gasteiger partial charge is 0.0436 e. The van der Waals surface area contributed by atoms with Gasteiger partial charge in [0.15, 0.2) is 0 Å². The van der Waals surface area contributed by atoms with Gasteiger partial charge in [-0.05, 0) is 61.0 Å². The molecule has 0 bridgehead atoms. The van der Waals surface area contributed by atoms with E-state index in [1.54, 1.807) is 0 Å². The molecule has 2 aliphatic heterocycles. The maximum Gasteiger partial charge on any atom is 0.0436 e. The second-order valence-corrected chi connectivity index (χ2v) is 7.61. The SMILES string of the molecule is C=C.CN.CSN1CC=C(c2ccc(N3Cc4ccc(C)cc4C3)cc2)CC1. The molecule has 0 aliphatic carbocycles. The molecule has 4 heteroatoms. The van der Waals surface area contributed by atoms with E-state index in [1.807, 2.05) is 11.9 Å². The molecule has 0 radical (unpaired) electrons. The molecule has 0 fully saturated rings. The number of benzene rings is 2.